The van der Waals surface area contributed by atoms with Crippen molar-refractivity contribution in [3.8, 4) is 6.07 Å². The highest BCUT2D eigenvalue weighted by molar-refractivity contribution is 9.10. The van der Waals surface area contributed by atoms with E-state index in [-0.39, 0.29) is 0 Å². The Balaban J connectivity index is 2.46. The second-order valence-corrected chi connectivity index (χ2v) is 4.95. The van der Waals surface area contributed by atoms with Gasteiger partial charge in [0, 0.05) is 15.6 Å². The van der Waals surface area contributed by atoms with Crippen LogP contribution in [0.3, 0.4) is 0 Å². The van der Waals surface area contributed by atoms with Crippen LogP contribution in [0.25, 0.3) is 10.9 Å². The topological polar surface area (TPSA) is 36.7 Å². The zero-order valence-electron chi connectivity index (χ0n) is 8.63. The molecule has 0 unspecified atom stereocenters. The van der Waals surface area contributed by atoms with Crippen LogP contribution in [0.15, 0.2) is 22.7 Å². The third kappa shape index (κ3) is 1.34. The summed E-state index contributed by atoms with van der Waals surface area (Å²) >= 11 is 3.44. The van der Waals surface area contributed by atoms with Crippen LogP contribution in [0.4, 0.5) is 0 Å². The van der Waals surface area contributed by atoms with Crippen LogP contribution < -0.4 is 0 Å². The van der Waals surface area contributed by atoms with Crippen molar-refractivity contribution >= 4 is 26.8 Å². The monoisotopic (exact) mass is 272 g/mol. The van der Waals surface area contributed by atoms with Crippen molar-refractivity contribution < 1.29 is 0 Å². The number of rotatable bonds is 0. The van der Waals surface area contributed by atoms with Gasteiger partial charge in [0.2, 0.25) is 0 Å². The first kappa shape index (κ1) is 9.80. The first-order chi connectivity index (χ1) is 7.79. The second kappa shape index (κ2) is 3.57. The van der Waals surface area contributed by atoms with Crippen LogP contribution in [0.1, 0.15) is 23.2 Å². The van der Waals surface area contributed by atoms with E-state index in [1.807, 2.05) is 18.2 Å². The van der Waals surface area contributed by atoms with Gasteiger partial charge in [-0.25, -0.2) is 0 Å². The van der Waals surface area contributed by atoms with E-state index in [1.54, 1.807) is 0 Å². The van der Waals surface area contributed by atoms with Gasteiger partial charge < -0.3 is 0 Å². The van der Waals surface area contributed by atoms with E-state index >= 15 is 0 Å². The molecular formula is C13H9BrN2. The van der Waals surface area contributed by atoms with Crippen LogP contribution in [-0.4, -0.2) is 4.98 Å². The van der Waals surface area contributed by atoms with Gasteiger partial charge in [-0.3, -0.25) is 4.98 Å². The summed E-state index contributed by atoms with van der Waals surface area (Å²) in [5.74, 6) is 0. The van der Waals surface area contributed by atoms with Gasteiger partial charge >= 0.3 is 0 Å². The maximum Gasteiger partial charge on any atom is 0.100 e. The third-order valence-corrected chi connectivity index (χ3v) is 3.58. The molecule has 1 heterocycles. The van der Waals surface area contributed by atoms with Crippen molar-refractivity contribution in [1.82, 2.24) is 4.98 Å². The summed E-state index contributed by atoms with van der Waals surface area (Å²) in [6.07, 6.45) is 3.12. The summed E-state index contributed by atoms with van der Waals surface area (Å²) in [6, 6.07) is 8.26. The molecular weight excluding hydrogens is 264 g/mol. The average Bonchev–Trinajstić information content (AvgIpc) is 2.73. The van der Waals surface area contributed by atoms with E-state index in [1.165, 1.54) is 0 Å². The molecule has 0 N–H and O–H groups in total. The average molecular weight is 273 g/mol. The number of aryl methyl sites for hydroxylation is 1. The minimum Gasteiger partial charge on any atom is -0.252 e. The third-order valence-electron chi connectivity index (χ3n) is 3.09. The molecule has 1 aliphatic carbocycles. The lowest BCUT2D eigenvalue weighted by molar-refractivity contribution is 0.900. The van der Waals surface area contributed by atoms with Crippen molar-refractivity contribution in [2.24, 2.45) is 0 Å². The van der Waals surface area contributed by atoms with Gasteiger partial charge in [-0.15, -0.1) is 0 Å². The van der Waals surface area contributed by atoms with Crippen molar-refractivity contribution in [3.63, 3.8) is 0 Å². The van der Waals surface area contributed by atoms with Crippen molar-refractivity contribution in [3.05, 3.63) is 39.5 Å². The summed E-state index contributed by atoms with van der Waals surface area (Å²) in [5.41, 5.74) is 4.03. The van der Waals surface area contributed by atoms with Crippen molar-refractivity contribution in [2.45, 2.75) is 19.3 Å². The Labute approximate surface area is 102 Å². The second-order valence-electron chi connectivity index (χ2n) is 4.04. The first-order valence-corrected chi connectivity index (χ1v) is 6.10. The largest absolute Gasteiger partial charge is 0.252 e. The SMILES string of the molecule is N#Cc1c2c(nc3ccc(Br)cc13)CCC2. The van der Waals surface area contributed by atoms with Gasteiger partial charge in [0.1, 0.15) is 6.07 Å². The standard InChI is InChI=1S/C13H9BrN2/c14-8-4-5-13-10(6-8)11(7-15)9-2-1-3-12(9)16-13/h4-6H,1-3H2. The van der Waals surface area contributed by atoms with Crippen molar-refractivity contribution in [1.29, 1.82) is 5.26 Å². The Morgan fingerprint density at radius 3 is 3.00 bits per heavy atom. The number of halogens is 1. The zero-order valence-corrected chi connectivity index (χ0v) is 10.2. The molecule has 2 aromatic rings. The molecule has 78 valence electrons. The van der Waals surface area contributed by atoms with Crippen LogP contribution in [-0.2, 0) is 12.8 Å². The zero-order chi connectivity index (χ0) is 11.1. The summed E-state index contributed by atoms with van der Waals surface area (Å²) in [6.45, 7) is 0. The highest BCUT2D eigenvalue weighted by Gasteiger charge is 2.19. The normalized spacial score (nSPS) is 13.8. The number of hydrogen-bond donors (Lipinski definition) is 0. The fraction of sp³-hybridized carbons (Fsp3) is 0.231. The number of aromatic nitrogens is 1. The van der Waals surface area contributed by atoms with E-state index in [0.717, 1.165) is 51.5 Å². The summed E-state index contributed by atoms with van der Waals surface area (Å²) in [4.78, 5) is 4.63. The number of fused-ring (bicyclic) bond motifs is 2. The molecule has 0 bridgehead atoms. The fourth-order valence-electron chi connectivity index (χ4n) is 2.36. The highest BCUT2D eigenvalue weighted by Crippen LogP contribution is 2.30. The number of pyridine rings is 1. The van der Waals surface area contributed by atoms with Gasteiger partial charge in [0.05, 0.1) is 11.1 Å². The lowest BCUT2D eigenvalue weighted by Gasteiger charge is -2.06. The minimum absolute atomic E-state index is 0.818. The highest BCUT2D eigenvalue weighted by atomic mass is 79.9. The lowest BCUT2D eigenvalue weighted by Crippen LogP contribution is -1.95. The number of benzene rings is 1. The van der Waals surface area contributed by atoms with E-state index < -0.39 is 0 Å². The molecule has 0 amide bonds. The quantitative estimate of drug-likeness (QED) is 0.738. The van der Waals surface area contributed by atoms with E-state index in [2.05, 4.69) is 27.0 Å². The van der Waals surface area contributed by atoms with Gasteiger partial charge in [0.15, 0.2) is 0 Å². The predicted octanol–water partition coefficient (Wildman–Crippen LogP) is 3.36. The van der Waals surface area contributed by atoms with Crippen LogP contribution in [0, 0.1) is 11.3 Å². The molecule has 16 heavy (non-hydrogen) atoms. The molecule has 3 rings (SSSR count). The maximum atomic E-state index is 9.30. The van der Waals surface area contributed by atoms with Crippen LogP contribution >= 0.6 is 15.9 Å². The molecule has 0 atom stereocenters. The summed E-state index contributed by atoms with van der Waals surface area (Å²) in [7, 11) is 0. The Hall–Kier alpha value is -1.40. The molecule has 0 spiro atoms. The summed E-state index contributed by atoms with van der Waals surface area (Å²) in [5, 5.41) is 10.3. The van der Waals surface area contributed by atoms with E-state index in [0.29, 0.717) is 0 Å². The molecule has 2 nitrogen and oxygen atoms in total. The Morgan fingerprint density at radius 1 is 1.31 bits per heavy atom. The van der Waals surface area contributed by atoms with Crippen LogP contribution in [0.5, 0.6) is 0 Å². The molecule has 1 aliphatic rings. The lowest BCUT2D eigenvalue weighted by atomic mass is 10.0. The minimum atomic E-state index is 0.818. The molecule has 0 radical (unpaired) electrons. The van der Waals surface area contributed by atoms with Gasteiger partial charge in [-0.2, -0.15) is 5.26 Å². The van der Waals surface area contributed by atoms with Crippen LogP contribution in [0.2, 0.25) is 0 Å². The molecule has 1 aromatic heterocycles. The van der Waals surface area contributed by atoms with Gasteiger partial charge in [0.25, 0.3) is 0 Å². The smallest absolute Gasteiger partial charge is 0.100 e. The predicted molar refractivity (Wildman–Crippen MR) is 66.2 cm³/mol. The summed E-state index contributed by atoms with van der Waals surface area (Å²) < 4.78 is 0.997. The number of nitriles is 1. The van der Waals surface area contributed by atoms with Crippen molar-refractivity contribution in [2.75, 3.05) is 0 Å². The maximum absolute atomic E-state index is 9.30. The Bertz CT molecular complexity index is 626. The Morgan fingerprint density at radius 2 is 2.19 bits per heavy atom. The van der Waals surface area contributed by atoms with Gasteiger partial charge in [-0.05, 0) is 43.0 Å². The Kier molecular flexibility index (Phi) is 2.19. The molecule has 3 heteroatoms. The first-order valence-electron chi connectivity index (χ1n) is 5.30. The van der Waals surface area contributed by atoms with E-state index in [9.17, 15) is 5.26 Å². The molecule has 0 saturated heterocycles. The number of nitrogens with zero attached hydrogens (tertiary/aromatic N) is 2. The molecule has 0 saturated carbocycles. The molecule has 0 fully saturated rings. The van der Waals surface area contributed by atoms with Gasteiger partial charge in [-0.1, -0.05) is 15.9 Å². The number of hydrogen-bond acceptors (Lipinski definition) is 2. The molecule has 1 aromatic carbocycles. The van der Waals surface area contributed by atoms with E-state index in [4.69, 9.17) is 0 Å². The molecule has 0 aliphatic heterocycles. The fourth-order valence-corrected chi connectivity index (χ4v) is 2.72.